The van der Waals surface area contributed by atoms with Crippen LogP contribution in [0.3, 0.4) is 0 Å². The van der Waals surface area contributed by atoms with Crippen molar-refractivity contribution in [3.63, 3.8) is 0 Å². The summed E-state index contributed by atoms with van der Waals surface area (Å²) in [6.07, 6.45) is 18.4. The number of benzene rings is 2. The fourth-order valence-corrected chi connectivity index (χ4v) is 4.51. The van der Waals surface area contributed by atoms with Crippen LogP contribution in [0.4, 0.5) is 5.69 Å². The number of hydrogen-bond acceptors (Lipinski definition) is 4. The second kappa shape index (κ2) is 18.6. The Bertz CT molecular complexity index is 861. The maximum atomic E-state index is 13.2. The summed E-state index contributed by atoms with van der Waals surface area (Å²) in [7, 11) is 0. The summed E-state index contributed by atoms with van der Waals surface area (Å²) in [5.74, 6) is 0.188. The number of hydrogen-bond donors (Lipinski definition) is 1. The zero-order valence-electron chi connectivity index (χ0n) is 22.6. The molecule has 36 heavy (non-hydrogen) atoms. The van der Waals surface area contributed by atoms with E-state index in [1.54, 1.807) is 24.3 Å². The summed E-state index contributed by atoms with van der Waals surface area (Å²) in [4.78, 5) is 17.7. The molecule has 0 bridgehead atoms. The van der Waals surface area contributed by atoms with Gasteiger partial charge in [0.2, 0.25) is 5.90 Å². The lowest BCUT2D eigenvalue weighted by Gasteiger charge is -2.16. The van der Waals surface area contributed by atoms with E-state index in [9.17, 15) is 9.90 Å². The number of nitrogens with zero attached hydrogens (tertiary/aromatic N) is 1. The lowest BCUT2D eigenvalue weighted by molar-refractivity contribution is -0.140. The van der Waals surface area contributed by atoms with Crippen LogP contribution in [0.1, 0.15) is 116 Å². The molecule has 0 aliphatic heterocycles. The smallest absolute Gasteiger partial charge is 0.315 e. The summed E-state index contributed by atoms with van der Waals surface area (Å²) >= 11 is 0. The highest BCUT2D eigenvalue weighted by atomic mass is 16.5. The van der Waals surface area contributed by atoms with Crippen molar-refractivity contribution < 1.29 is 14.6 Å². The van der Waals surface area contributed by atoms with Crippen LogP contribution >= 0.6 is 0 Å². The van der Waals surface area contributed by atoms with Crippen molar-refractivity contribution in [1.29, 1.82) is 0 Å². The molecule has 0 fully saturated rings. The van der Waals surface area contributed by atoms with Gasteiger partial charge < -0.3 is 9.84 Å². The van der Waals surface area contributed by atoms with E-state index in [0.717, 1.165) is 31.2 Å². The van der Waals surface area contributed by atoms with Crippen LogP contribution in [-0.4, -0.2) is 17.0 Å². The third-order valence-corrected chi connectivity index (χ3v) is 6.67. The van der Waals surface area contributed by atoms with Gasteiger partial charge in [0, 0.05) is 5.56 Å². The fourth-order valence-electron chi connectivity index (χ4n) is 4.51. The fraction of sp³-hybridized carbons (Fsp3) is 0.562. The summed E-state index contributed by atoms with van der Waals surface area (Å²) < 4.78 is 5.89. The molecule has 198 valence electrons. The Labute approximate surface area is 219 Å². The van der Waals surface area contributed by atoms with Crippen molar-refractivity contribution in [1.82, 2.24) is 0 Å². The lowest BCUT2D eigenvalue weighted by Crippen LogP contribution is -2.22. The van der Waals surface area contributed by atoms with Gasteiger partial charge in [-0.3, -0.25) is 4.79 Å². The molecule has 0 spiro atoms. The molecule has 0 radical (unpaired) electrons. The lowest BCUT2D eigenvalue weighted by atomic mass is 9.96. The second-order valence-corrected chi connectivity index (χ2v) is 9.88. The number of phenolic OH excluding ortho intramolecular Hbond substituents is 1. The predicted molar refractivity (Wildman–Crippen MR) is 151 cm³/mol. The van der Waals surface area contributed by atoms with E-state index in [1.165, 1.54) is 70.6 Å². The van der Waals surface area contributed by atoms with Gasteiger partial charge in [-0.05, 0) is 49.2 Å². The summed E-state index contributed by atoms with van der Waals surface area (Å²) in [5, 5.41) is 9.56. The molecule has 0 heterocycles. The predicted octanol–water partition coefficient (Wildman–Crippen LogP) is 9.52. The van der Waals surface area contributed by atoms with Crippen molar-refractivity contribution in [3.05, 3.63) is 60.2 Å². The van der Waals surface area contributed by atoms with E-state index in [-0.39, 0.29) is 17.6 Å². The molecule has 1 N–H and O–H groups in total. The molecule has 0 amide bonds. The minimum absolute atomic E-state index is 0.105. The molecule has 1 atom stereocenters. The van der Waals surface area contributed by atoms with Crippen LogP contribution in [0, 0.1) is 5.92 Å². The van der Waals surface area contributed by atoms with Gasteiger partial charge in [0.05, 0.1) is 11.6 Å². The highest BCUT2D eigenvalue weighted by Gasteiger charge is 2.22. The molecule has 2 rings (SSSR count). The van der Waals surface area contributed by atoms with Gasteiger partial charge in [0.25, 0.3) is 0 Å². The van der Waals surface area contributed by atoms with E-state index < -0.39 is 0 Å². The Morgan fingerprint density at radius 2 is 1.28 bits per heavy atom. The van der Waals surface area contributed by atoms with Crippen LogP contribution in [0.15, 0.2) is 59.6 Å². The Kier molecular flexibility index (Phi) is 15.3. The molecule has 0 saturated carbocycles. The molecule has 4 nitrogen and oxygen atoms in total. The molecule has 0 aromatic heterocycles. The molecular formula is C32H47NO3. The van der Waals surface area contributed by atoms with Crippen molar-refractivity contribution in [2.45, 2.75) is 110 Å². The molecule has 0 saturated heterocycles. The zero-order chi connectivity index (χ0) is 25.8. The summed E-state index contributed by atoms with van der Waals surface area (Å²) in [6.45, 7) is 4.38. The summed E-state index contributed by atoms with van der Waals surface area (Å²) in [5.41, 5.74) is 1.40. The van der Waals surface area contributed by atoms with E-state index in [1.807, 2.05) is 30.3 Å². The van der Waals surface area contributed by atoms with Crippen LogP contribution < -0.4 is 0 Å². The molecular weight excluding hydrogens is 446 g/mol. The van der Waals surface area contributed by atoms with E-state index in [4.69, 9.17) is 4.74 Å². The second-order valence-electron chi connectivity index (χ2n) is 9.88. The maximum absolute atomic E-state index is 13.2. The van der Waals surface area contributed by atoms with Crippen molar-refractivity contribution in [2.24, 2.45) is 10.9 Å². The minimum Gasteiger partial charge on any atom is -0.508 e. The Morgan fingerprint density at radius 1 is 0.722 bits per heavy atom. The Morgan fingerprint density at radius 3 is 1.83 bits per heavy atom. The average molecular weight is 494 g/mol. The van der Waals surface area contributed by atoms with Crippen molar-refractivity contribution >= 4 is 17.6 Å². The number of aliphatic imine (C=N–C) groups is 1. The SMILES string of the molecule is CCCCCCCCCCCCCCC(CCC)C(=O)OC(=Nc1ccc(O)cc1)c1ccccc1. The summed E-state index contributed by atoms with van der Waals surface area (Å²) in [6, 6.07) is 16.1. The first kappa shape index (κ1) is 29.6. The third kappa shape index (κ3) is 12.4. The Balaban J connectivity index is 1.80. The molecule has 0 aliphatic rings. The van der Waals surface area contributed by atoms with E-state index >= 15 is 0 Å². The largest absolute Gasteiger partial charge is 0.508 e. The van der Waals surface area contributed by atoms with Crippen LogP contribution in [0.5, 0.6) is 5.75 Å². The Hall–Kier alpha value is -2.62. The normalized spacial score (nSPS) is 12.4. The van der Waals surface area contributed by atoms with Gasteiger partial charge in [-0.15, -0.1) is 0 Å². The van der Waals surface area contributed by atoms with Gasteiger partial charge in [0.1, 0.15) is 5.75 Å². The quantitative estimate of drug-likeness (QED) is 0.0973. The maximum Gasteiger partial charge on any atom is 0.315 e. The van der Waals surface area contributed by atoms with Crippen LogP contribution in [0.2, 0.25) is 0 Å². The monoisotopic (exact) mass is 493 g/mol. The molecule has 4 heteroatoms. The van der Waals surface area contributed by atoms with Gasteiger partial charge in [-0.1, -0.05) is 116 Å². The molecule has 0 aliphatic carbocycles. The van der Waals surface area contributed by atoms with Crippen molar-refractivity contribution in [3.8, 4) is 5.75 Å². The molecule has 2 aromatic carbocycles. The topological polar surface area (TPSA) is 58.9 Å². The highest BCUT2D eigenvalue weighted by molar-refractivity contribution is 6.02. The first-order valence-corrected chi connectivity index (χ1v) is 14.3. The first-order chi connectivity index (χ1) is 17.6. The third-order valence-electron chi connectivity index (χ3n) is 6.67. The van der Waals surface area contributed by atoms with Gasteiger partial charge >= 0.3 is 5.97 Å². The number of rotatable bonds is 18. The standard InChI is InChI=1S/C32H47NO3/c1-3-5-6-7-8-9-10-11-12-13-14-16-22-28(19-4-2)32(35)36-31(27-20-17-15-18-21-27)33-29-23-25-30(34)26-24-29/h15,17-18,20-21,23-26,28,34H,3-14,16,19,22H2,1-2H3. The molecule has 1 unspecified atom stereocenters. The van der Waals surface area contributed by atoms with Crippen LogP contribution in [-0.2, 0) is 9.53 Å². The first-order valence-electron chi connectivity index (χ1n) is 14.3. The number of aromatic hydroxyl groups is 1. The minimum atomic E-state index is -0.193. The number of esters is 1. The average Bonchev–Trinajstić information content (AvgIpc) is 2.90. The van der Waals surface area contributed by atoms with Crippen molar-refractivity contribution in [2.75, 3.05) is 0 Å². The van der Waals surface area contributed by atoms with E-state index in [0.29, 0.717) is 11.6 Å². The molecule has 2 aromatic rings. The number of phenols is 1. The number of carbonyl (C=O) groups excluding carboxylic acids is 1. The number of unbranched alkanes of at least 4 members (excludes halogenated alkanes) is 11. The number of carbonyl (C=O) groups is 1. The van der Waals surface area contributed by atoms with Gasteiger partial charge in [-0.2, -0.15) is 0 Å². The van der Waals surface area contributed by atoms with Gasteiger partial charge in [0.15, 0.2) is 0 Å². The van der Waals surface area contributed by atoms with Crippen LogP contribution in [0.25, 0.3) is 0 Å². The zero-order valence-corrected chi connectivity index (χ0v) is 22.6. The van der Waals surface area contributed by atoms with Gasteiger partial charge in [-0.25, -0.2) is 4.99 Å². The highest BCUT2D eigenvalue weighted by Crippen LogP contribution is 2.22. The number of ether oxygens (including phenoxy) is 1. The van der Waals surface area contributed by atoms with E-state index in [2.05, 4.69) is 18.8 Å².